The number of allylic oxidation sites excluding steroid dienone is 1. The number of rotatable bonds is 5. The van der Waals surface area contributed by atoms with Crippen molar-refractivity contribution in [1.29, 1.82) is 0 Å². The van der Waals surface area contributed by atoms with Gasteiger partial charge in [0.05, 0.1) is 14.0 Å². The van der Waals surface area contributed by atoms with Gasteiger partial charge in [-0.3, -0.25) is 4.79 Å². The third-order valence-electron chi connectivity index (χ3n) is 7.76. The van der Waals surface area contributed by atoms with Crippen LogP contribution in [0, 0.1) is 0 Å². The Morgan fingerprint density at radius 3 is 1.76 bits per heavy atom. The van der Waals surface area contributed by atoms with Gasteiger partial charge in [-0.2, -0.15) is 0 Å². The molecule has 0 bridgehead atoms. The standard InChI is InChI=1S/C30H34O2Si/c1-29(2,3)33(5,6)28-26(23-18-12-8-13-19-23)30(32-4,24-20-14-9-15-21-24)25(27(28)31)22-16-10-7-11-17-22/h7-21,25H,1-6H3/t25-,30+/m1/s1. The van der Waals surface area contributed by atoms with Crippen molar-refractivity contribution in [3.05, 3.63) is 113 Å². The molecule has 2 nitrogen and oxygen atoms in total. The summed E-state index contributed by atoms with van der Waals surface area (Å²) in [5.74, 6) is -0.234. The Labute approximate surface area is 199 Å². The first-order valence-electron chi connectivity index (χ1n) is 11.7. The largest absolute Gasteiger partial charge is 0.368 e. The van der Waals surface area contributed by atoms with Crippen LogP contribution in [-0.4, -0.2) is 21.0 Å². The number of carbonyl (C=O) groups is 1. The van der Waals surface area contributed by atoms with E-state index < -0.39 is 19.6 Å². The molecule has 0 spiro atoms. The molecule has 3 aromatic carbocycles. The fourth-order valence-corrected chi connectivity index (χ4v) is 7.57. The topological polar surface area (TPSA) is 26.3 Å². The fourth-order valence-electron chi connectivity index (χ4n) is 5.11. The molecule has 0 unspecified atom stereocenters. The number of ether oxygens (including phenoxy) is 1. The molecule has 3 aromatic rings. The molecular formula is C30H34O2Si. The Balaban J connectivity index is 2.17. The lowest BCUT2D eigenvalue weighted by Crippen LogP contribution is -2.42. The maximum atomic E-state index is 14.6. The Bertz CT molecular complexity index is 1160. The Hall–Kier alpha value is -2.75. The predicted octanol–water partition coefficient (Wildman–Crippen LogP) is 7.40. The molecule has 0 radical (unpaired) electrons. The maximum Gasteiger partial charge on any atom is 0.166 e. The third-order valence-corrected chi connectivity index (χ3v) is 13.3. The highest BCUT2D eigenvalue weighted by molar-refractivity contribution is 6.92. The van der Waals surface area contributed by atoms with E-state index in [9.17, 15) is 4.79 Å². The van der Waals surface area contributed by atoms with Crippen LogP contribution < -0.4 is 0 Å². The SMILES string of the molecule is CO[C@]1(c2ccccc2)C(c2ccccc2)=C([Si](C)(C)C(C)(C)C)C(=O)[C@H]1c1ccccc1. The molecule has 1 aliphatic carbocycles. The Kier molecular flexibility index (Phi) is 6.06. The first-order valence-corrected chi connectivity index (χ1v) is 14.7. The highest BCUT2D eigenvalue weighted by Crippen LogP contribution is 2.60. The first kappa shape index (κ1) is 23.4. The van der Waals surface area contributed by atoms with Gasteiger partial charge in [0, 0.05) is 7.11 Å². The van der Waals surface area contributed by atoms with E-state index in [1.807, 2.05) is 42.5 Å². The minimum atomic E-state index is -2.24. The van der Waals surface area contributed by atoms with E-state index in [2.05, 4.69) is 82.4 Å². The first-order chi connectivity index (χ1) is 15.7. The van der Waals surface area contributed by atoms with Gasteiger partial charge in [0.15, 0.2) is 5.78 Å². The number of ketones is 1. The molecule has 1 aliphatic rings. The molecule has 0 fully saturated rings. The summed E-state index contributed by atoms with van der Waals surface area (Å²) < 4.78 is 6.57. The van der Waals surface area contributed by atoms with Crippen molar-refractivity contribution < 1.29 is 9.53 Å². The zero-order valence-corrected chi connectivity index (χ0v) is 21.6. The van der Waals surface area contributed by atoms with Crippen LogP contribution in [0.5, 0.6) is 0 Å². The van der Waals surface area contributed by atoms with Gasteiger partial charge in [-0.15, -0.1) is 0 Å². The quantitative estimate of drug-likeness (QED) is 0.376. The third kappa shape index (κ3) is 3.64. The average molecular weight is 455 g/mol. The van der Waals surface area contributed by atoms with Crippen LogP contribution >= 0.6 is 0 Å². The van der Waals surface area contributed by atoms with E-state index >= 15 is 0 Å². The van der Waals surface area contributed by atoms with Crippen LogP contribution in [0.15, 0.2) is 96.2 Å². The van der Waals surface area contributed by atoms with Gasteiger partial charge in [0.2, 0.25) is 0 Å². The second-order valence-corrected chi connectivity index (χ2v) is 15.8. The van der Waals surface area contributed by atoms with Crippen LogP contribution in [-0.2, 0) is 15.1 Å². The van der Waals surface area contributed by atoms with E-state index in [0.29, 0.717) is 0 Å². The summed E-state index contributed by atoms with van der Waals surface area (Å²) in [6.07, 6.45) is 0. The van der Waals surface area contributed by atoms with E-state index in [0.717, 1.165) is 27.5 Å². The van der Waals surface area contributed by atoms with Crippen LogP contribution in [0.2, 0.25) is 18.1 Å². The molecule has 170 valence electrons. The van der Waals surface area contributed by atoms with Crippen molar-refractivity contribution in [3.63, 3.8) is 0 Å². The zero-order chi connectivity index (χ0) is 23.9. The molecule has 0 saturated heterocycles. The molecule has 4 rings (SSSR count). The zero-order valence-electron chi connectivity index (χ0n) is 20.6. The summed E-state index contributed by atoms with van der Waals surface area (Å²) in [4.78, 5) is 14.6. The van der Waals surface area contributed by atoms with E-state index in [4.69, 9.17) is 4.74 Å². The molecule has 0 aliphatic heterocycles. The molecule has 3 heteroatoms. The van der Waals surface area contributed by atoms with Crippen molar-refractivity contribution >= 4 is 19.4 Å². The maximum absolute atomic E-state index is 14.6. The highest BCUT2D eigenvalue weighted by atomic mass is 28.3. The number of carbonyl (C=O) groups excluding carboxylic acids is 1. The Morgan fingerprint density at radius 2 is 1.27 bits per heavy atom. The second kappa shape index (κ2) is 8.55. The lowest BCUT2D eigenvalue weighted by atomic mass is 9.74. The molecular weight excluding hydrogens is 420 g/mol. The van der Waals surface area contributed by atoms with Gasteiger partial charge in [-0.25, -0.2) is 0 Å². The van der Waals surface area contributed by atoms with Gasteiger partial charge in [0.1, 0.15) is 5.60 Å². The minimum absolute atomic E-state index is 0.000227. The van der Waals surface area contributed by atoms with Crippen molar-refractivity contribution in [1.82, 2.24) is 0 Å². The summed E-state index contributed by atoms with van der Waals surface area (Å²) in [5, 5.41) is 1.00. The molecule has 0 aromatic heterocycles. The fraction of sp³-hybridized carbons (Fsp3) is 0.300. The smallest absolute Gasteiger partial charge is 0.166 e. The lowest BCUT2D eigenvalue weighted by Gasteiger charge is -2.39. The van der Waals surface area contributed by atoms with Gasteiger partial charge >= 0.3 is 0 Å². The predicted molar refractivity (Wildman–Crippen MR) is 140 cm³/mol. The number of methoxy groups -OCH3 is 1. The average Bonchev–Trinajstić information content (AvgIpc) is 3.09. The summed E-state index contributed by atoms with van der Waals surface area (Å²) in [6, 6.07) is 30.8. The van der Waals surface area contributed by atoms with Crippen molar-refractivity contribution in [2.24, 2.45) is 0 Å². The minimum Gasteiger partial charge on any atom is -0.368 e. The highest BCUT2D eigenvalue weighted by Gasteiger charge is 2.60. The lowest BCUT2D eigenvalue weighted by molar-refractivity contribution is -0.120. The summed E-state index contributed by atoms with van der Waals surface area (Å²) in [5.41, 5.74) is 3.22. The molecule has 2 atom stereocenters. The van der Waals surface area contributed by atoms with Gasteiger partial charge in [-0.05, 0) is 32.5 Å². The van der Waals surface area contributed by atoms with Crippen LogP contribution in [0.4, 0.5) is 0 Å². The normalized spacial score (nSPS) is 21.5. The monoisotopic (exact) mass is 454 g/mol. The van der Waals surface area contributed by atoms with Gasteiger partial charge < -0.3 is 4.74 Å². The summed E-state index contributed by atoms with van der Waals surface area (Å²) >= 11 is 0. The summed E-state index contributed by atoms with van der Waals surface area (Å²) in [6.45, 7) is 11.5. The summed E-state index contributed by atoms with van der Waals surface area (Å²) in [7, 11) is -0.486. The molecule has 0 amide bonds. The molecule has 33 heavy (non-hydrogen) atoms. The molecule has 0 heterocycles. The van der Waals surface area contributed by atoms with E-state index in [1.54, 1.807) is 7.11 Å². The van der Waals surface area contributed by atoms with Crippen LogP contribution in [0.3, 0.4) is 0 Å². The molecule has 0 N–H and O–H groups in total. The number of benzene rings is 3. The number of hydrogen-bond donors (Lipinski definition) is 0. The second-order valence-electron chi connectivity index (χ2n) is 10.5. The van der Waals surface area contributed by atoms with Crippen molar-refractivity contribution in [3.8, 4) is 0 Å². The van der Waals surface area contributed by atoms with Crippen LogP contribution in [0.25, 0.3) is 5.57 Å². The molecule has 0 saturated carbocycles. The van der Waals surface area contributed by atoms with E-state index in [1.165, 1.54) is 0 Å². The van der Waals surface area contributed by atoms with Crippen LogP contribution in [0.1, 0.15) is 43.4 Å². The van der Waals surface area contributed by atoms with Gasteiger partial charge in [-0.1, -0.05) is 125 Å². The van der Waals surface area contributed by atoms with Crippen molar-refractivity contribution in [2.45, 2.75) is 50.4 Å². The number of Topliss-reactive ketones (excluding diaryl/α,β-unsaturated/α-hetero) is 1. The van der Waals surface area contributed by atoms with Crippen molar-refractivity contribution in [2.75, 3.05) is 7.11 Å². The Morgan fingerprint density at radius 1 is 0.788 bits per heavy atom. The van der Waals surface area contributed by atoms with Gasteiger partial charge in [0.25, 0.3) is 0 Å². The number of hydrogen-bond acceptors (Lipinski definition) is 2. The van der Waals surface area contributed by atoms with E-state index in [-0.39, 0.29) is 10.8 Å².